The number of para-hydroxylation sites is 1. The van der Waals surface area contributed by atoms with E-state index < -0.39 is 12.2 Å². The van der Waals surface area contributed by atoms with Crippen LogP contribution in [0.4, 0.5) is 15.3 Å². The Morgan fingerprint density at radius 2 is 1.52 bits per heavy atom. The third-order valence-electron chi connectivity index (χ3n) is 10.2. The predicted octanol–water partition coefficient (Wildman–Crippen LogP) is 4.56. The van der Waals surface area contributed by atoms with Crippen LogP contribution < -0.4 is 10.6 Å². The van der Waals surface area contributed by atoms with Crippen molar-refractivity contribution < 1.29 is 19.1 Å². The minimum absolute atomic E-state index is 0.0430. The molecule has 0 spiro atoms. The Morgan fingerprint density at radius 1 is 0.891 bits per heavy atom. The van der Waals surface area contributed by atoms with E-state index in [9.17, 15) is 14.4 Å². The molecule has 2 N–H and O–H groups in total. The van der Waals surface area contributed by atoms with Crippen LogP contribution in [0.1, 0.15) is 47.9 Å². The average Bonchev–Trinajstić information content (AvgIpc) is 3.25. The van der Waals surface area contributed by atoms with Gasteiger partial charge in [0.05, 0.1) is 0 Å². The second-order valence-electron chi connectivity index (χ2n) is 13.2. The number of hydrogen-bond acceptors (Lipinski definition) is 6. The molecule has 0 aromatic heterocycles. The fourth-order valence-corrected chi connectivity index (χ4v) is 7.77. The molecule has 2 aromatic carbocycles. The SMILES string of the molecule is Cc1cc(CC(OC(=O)N2CCC(N3CCc4ccccc4NC3=O)CC2)C(=O)N2CCC(N3CCNCC3)CC2)cc(C)c1Br. The lowest BCUT2D eigenvalue weighted by molar-refractivity contribution is -0.142. The number of ether oxygens (including phenoxy) is 1. The molecule has 46 heavy (non-hydrogen) atoms. The van der Waals surface area contributed by atoms with Crippen LogP contribution in [0.3, 0.4) is 0 Å². The lowest BCUT2D eigenvalue weighted by Gasteiger charge is -2.41. The number of amides is 4. The standard InChI is InChI=1S/C35H47BrN6O4/c1-24-21-26(22-25(2)32(24)36)23-31(33(43)40-14-8-28(9-15-40)39-19-12-37-13-20-39)46-35(45)41-16-10-29(11-17-41)42-18-7-27-5-3-4-6-30(27)38-34(42)44/h3-6,21-22,28-29,31,37H,7-20,23H2,1-2H3,(H,38,44). The van der Waals surface area contributed by atoms with Crippen molar-refractivity contribution in [3.05, 3.63) is 63.1 Å². The van der Waals surface area contributed by atoms with Gasteiger partial charge in [-0.25, -0.2) is 9.59 Å². The first-order valence-corrected chi connectivity index (χ1v) is 17.7. The second kappa shape index (κ2) is 14.7. The van der Waals surface area contributed by atoms with Crippen LogP contribution in [0.5, 0.6) is 0 Å². The maximum atomic E-state index is 14.0. The molecule has 2 aromatic rings. The van der Waals surface area contributed by atoms with Crippen LogP contribution in [0.15, 0.2) is 40.9 Å². The third-order valence-corrected chi connectivity index (χ3v) is 11.4. The van der Waals surface area contributed by atoms with Crippen molar-refractivity contribution in [2.75, 3.05) is 64.2 Å². The van der Waals surface area contributed by atoms with E-state index >= 15 is 0 Å². The van der Waals surface area contributed by atoms with Gasteiger partial charge in [-0.2, -0.15) is 0 Å². The molecule has 0 saturated carbocycles. The Bertz CT molecular complexity index is 1390. The highest BCUT2D eigenvalue weighted by Gasteiger charge is 2.36. The zero-order valence-corrected chi connectivity index (χ0v) is 28.7. The van der Waals surface area contributed by atoms with Crippen molar-refractivity contribution in [2.24, 2.45) is 0 Å². The van der Waals surface area contributed by atoms with Gasteiger partial charge in [-0.1, -0.05) is 46.3 Å². The van der Waals surface area contributed by atoms with Crippen LogP contribution in [0.25, 0.3) is 0 Å². The number of rotatable bonds is 6. The molecule has 3 fully saturated rings. The quantitative estimate of drug-likeness (QED) is 0.460. The highest BCUT2D eigenvalue weighted by Crippen LogP contribution is 2.27. The molecule has 0 aliphatic carbocycles. The van der Waals surface area contributed by atoms with E-state index in [1.165, 1.54) is 0 Å². The van der Waals surface area contributed by atoms with Gasteiger partial charge in [0.2, 0.25) is 0 Å². The van der Waals surface area contributed by atoms with Crippen molar-refractivity contribution in [3.8, 4) is 0 Å². The Morgan fingerprint density at radius 3 is 2.22 bits per heavy atom. The molecule has 0 radical (unpaired) electrons. The first kappa shape index (κ1) is 32.8. The van der Waals surface area contributed by atoms with Crippen molar-refractivity contribution in [2.45, 2.75) is 70.6 Å². The zero-order valence-electron chi connectivity index (χ0n) is 27.1. The van der Waals surface area contributed by atoms with Gasteiger partial charge in [-0.05, 0) is 74.3 Å². The molecule has 1 atom stereocenters. The first-order valence-electron chi connectivity index (χ1n) is 16.9. The number of likely N-dealkylation sites (tertiary alicyclic amines) is 2. The fraction of sp³-hybridized carbons (Fsp3) is 0.571. The number of anilines is 1. The van der Waals surface area contributed by atoms with Crippen LogP contribution in [-0.2, 0) is 22.4 Å². The number of nitrogens with one attached hydrogen (secondary N) is 2. The van der Waals surface area contributed by atoms with Gasteiger partial charge >= 0.3 is 12.1 Å². The Kier molecular flexibility index (Phi) is 10.5. The zero-order chi connectivity index (χ0) is 32.2. The summed E-state index contributed by atoms with van der Waals surface area (Å²) in [4.78, 5) is 48.7. The number of nitrogens with zero attached hydrogens (tertiary/aromatic N) is 4. The van der Waals surface area contributed by atoms with Crippen molar-refractivity contribution in [3.63, 3.8) is 0 Å². The van der Waals surface area contributed by atoms with Crippen LogP contribution in [0.2, 0.25) is 0 Å². The largest absolute Gasteiger partial charge is 0.436 e. The van der Waals surface area contributed by atoms with Crippen molar-refractivity contribution in [1.29, 1.82) is 0 Å². The van der Waals surface area contributed by atoms with Gasteiger partial charge in [-0.3, -0.25) is 9.69 Å². The number of piperazine rings is 1. The summed E-state index contributed by atoms with van der Waals surface area (Å²) < 4.78 is 7.15. The number of urea groups is 1. The lowest BCUT2D eigenvalue weighted by Crippen LogP contribution is -2.54. The molecule has 0 bridgehead atoms. The van der Waals surface area contributed by atoms with E-state index in [-0.39, 0.29) is 18.0 Å². The van der Waals surface area contributed by atoms with Crippen molar-refractivity contribution in [1.82, 2.24) is 24.9 Å². The van der Waals surface area contributed by atoms with Crippen LogP contribution >= 0.6 is 15.9 Å². The topological polar surface area (TPSA) is 97.5 Å². The smallest absolute Gasteiger partial charge is 0.410 e. The minimum atomic E-state index is -0.893. The second-order valence-corrected chi connectivity index (χ2v) is 14.0. The van der Waals surface area contributed by atoms with Gasteiger partial charge in [0.25, 0.3) is 5.91 Å². The summed E-state index contributed by atoms with van der Waals surface area (Å²) in [7, 11) is 0. The maximum absolute atomic E-state index is 14.0. The van der Waals surface area contributed by atoms with E-state index in [0.29, 0.717) is 58.0 Å². The molecular formula is C35H47BrN6O4. The molecule has 4 aliphatic rings. The fourth-order valence-electron chi connectivity index (χ4n) is 7.54. The first-order chi connectivity index (χ1) is 22.3. The Balaban J connectivity index is 1.09. The van der Waals surface area contributed by atoms with Gasteiger partial charge in [-0.15, -0.1) is 0 Å². The lowest BCUT2D eigenvalue weighted by atomic mass is 9.99. The molecule has 3 saturated heterocycles. The average molecular weight is 696 g/mol. The number of piperidine rings is 2. The number of benzene rings is 2. The Labute approximate surface area is 280 Å². The van der Waals surface area contributed by atoms with Gasteiger partial charge in [0.1, 0.15) is 0 Å². The molecule has 1 unspecified atom stereocenters. The summed E-state index contributed by atoms with van der Waals surface area (Å²) in [6.45, 7) is 11.2. The van der Waals surface area contributed by atoms with E-state index in [0.717, 1.165) is 77.9 Å². The summed E-state index contributed by atoms with van der Waals surface area (Å²) in [5.74, 6) is -0.110. The third kappa shape index (κ3) is 7.52. The maximum Gasteiger partial charge on any atom is 0.410 e. The van der Waals surface area contributed by atoms with Crippen LogP contribution in [-0.4, -0.2) is 115 Å². The number of carbonyl (C=O) groups excluding carboxylic acids is 3. The molecule has 248 valence electrons. The van der Waals surface area contributed by atoms with Gasteiger partial charge in [0, 0.05) is 87.6 Å². The monoisotopic (exact) mass is 694 g/mol. The summed E-state index contributed by atoms with van der Waals surface area (Å²) in [5.41, 5.74) is 5.17. The summed E-state index contributed by atoms with van der Waals surface area (Å²) >= 11 is 3.65. The van der Waals surface area contributed by atoms with E-state index in [1.54, 1.807) is 4.90 Å². The summed E-state index contributed by atoms with van der Waals surface area (Å²) in [5, 5.41) is 6.48. The Hall–Kier alpha value is -3.15. The molecule has 11 heteroatoms. The van der Waals surface area contributed by atoms with Gasteiger partial charge in [0.15, 0.2) is 6.10 Å². The normalized spacial score (nSPS) is 20.9. The predicted molar refractivity (Wildman–Crippen MR) is 182 cm³/mol. The number of aryl methyl sites for hydroxylation is 2. The van der Waals surface area contributed by atoms with E-state index in [4.69, 9.17) is 4.74 Å². The van der Waals surface area contributed by atoms with Gasteiger partial charge < -0.3 is 30.1 Å². The number of fused-ring (bicyclic) bond motifs is 1. The molecular weight excluding hydrogens is 648 g/mol. The van der Waals surface area contributed by atoms with E-state index in [1.807, 2.05) is 41.8 Å². The molecule has 4 heterocycles. The highest BCUT2D eigenvalue weighted by molar-refractivity contribution is 9.10. The van der Waals surface area contributed by atoms with Crippen LogP contribution in [0, 0.1) is 13.8 Å². The number of carbonyl (C=O) groups is 3. The molecule has 6 rings (SSSR count). The minimum Gasteiger partial charge on any atom is -0.436 e. The molecule has 10 nitrogen and oxygen atoms in total. The van der Waals surface area contributed by atoms with Crippen molar-refractivity contribution >= 4 is 39.6 Å². The molecule has 4 amide bonds. The summed E-state index contributed by atoms with van der Waals surface area (Å²) in [6, 6.07) is 12.5. The summed E-state index contributed by atoms with van der Waals surface area (Å²) in [6.07, 6.45) is 2.99. The van der Waals surface area contributed by atoms with E-state index in [2.05, 4.69) is 49.7 Å². The molecule has 4 aliphatic heterocycles. The number of halogens is 1. The highest BCUT2D eigenvalue weighted by atomic mass is 79.9. The number of hydrogen-bond donors (Lipinski definition) is 2.